The number of carbonyl (C=O) groups is 1. The van der Waals surface area contributed by atoms with Gasteiger partial charge in [-0.15, -0.1) is 5.10 Å². The monoisotopic (exact) mass is 282 g/mol. The number of Topliss-reactive ketones (excluding diaryl/α,β-unsaturated/α-hetero) is 1. The molecule has 0 saturated heterocycles. The molecule has 6 nitrogen and oxygen atoms in total. The second-order valence-electron chi connectivity index (χ2n) is 4.99. The van der Waals surface area contributed by atoms with E-state index in [1.165, 1.54) is 27.7 Å². The van der Waals surface area contributed by atoms with Crippen LogP contribution in [0.2, 0.25) is 0 Å². The molecular weight excluding hydrogens is 268 g/mol. The zero-order valence-corrected chi connectivity index (χ0v) is 11.8. The summed E-state index contributed by atoms with van der Waals surface area (Å²) in [4.78, 5) is 28.4. The molecule has 0 unspecified atom stereocenters. The van der Waals surface area contributed by atoms with Gasteiger partial charge >= 0.3 is 5.69 Å². The van der Waals surface area contributed by atoms with E-state index < -0.39 is 0 Å². The van der Waals surface area contributed by atoms with Gasteiger partial charge in [-0.05, 0) is 19.4 Å². The standard InChI is InChI=1S/C15H14N4O2/c1-10-3-4-12(11(2)7-10)13(20)9-19-15(21)18-6-5-16-8-14(18)17-19/h3-8H,9H2,1-2H3. The highest BCUT2D eigenvalue weighted by Crippen LogP contribution is 2.11. The molecule has 0 amide bonds. The van der Waals surface area contributed by atoms with Crippen LogP contribution in [0.25, 0.3) is 5.65 Å². The van der Waals surface area contributed by atoms with Gasteiger partial charge in [0, 0.05) is 18.0 Å². The second-order valence-corrected chi connectivity index (χ2v) is 4.99. The van der Waals surface area contributed by atoms with Crippen LogP contribution in [-0.4, -0.2) is 24.9 Å². The predicted molar refractivity (Wildman–Crippen MR) is 77.5 cm³/mol. The third-order valence-corrected chi connectivity index (χ3v) is 3.36. The van der Waals surface area contributed by atoms with Gasteiger partial charge < -0.3 is 0 Å². The average Bonchev–Trinajstić information content (AvgIpc) is 2.76. The molecule has 2 aromatic heterocycles. The van der Waals surface area contributed by atoms with Crippen molar-refractivity contribution in [2.75, 3.05) is 0 Å². The van der Waals surface area contributed by atoms with Gasteiger partial charge in [0.2, 0.25) is 0 Å². The number of fused-ring (bicyclic) bond motifs is 1. The van der Waals surface area contributed by atoms with E-state index in [-0.39, 0.29) is 18.0 Å². The maximum absolute atomic E-state index is 12.4. The number of rotatable bonds is 3. The molecule has 6 heteroatoms. The molecule has 0 aliphatic heterocycles. The zero-order chi connectivity index (χ0) is 15.0. The van der Waals surface area contributed by atoms with Crippen LogP contribution in [0.5, 0.6) is 0 Å². The Morgan fingerprint density at radius 3 is 2.81 bits per heavy atom. The van der Waals surface area contributed by atoms with E-state index in [1.807, 2.05) is 26.0 Å². The quantitative estimate of drug-likeness (QED) is 0.681. The Morgan fingerprint density at radius 2 is 2.10 bits per heavy atom. The molecule has 0 saturated carbocycles. The highest BCUT2D eigenvalue weighted by molar-refractivity contribution is 5.97. The van der Waals surface area contributed by atoms with Crippen molar-refractivity contribution in [1.29, 1.82) is 0 Å². The van der Waals surface area contributed by atoms with E-state index >= 15 is 0 Å². The summed E-state index contributed by atoms with van der Waals surface area (Å²) in [5.74, 6) is -0.133. The molecule has 2 heterocycles. The van der Waals surface area contributed by atoms with Crippen molar-refractivity contribution >= 4 is 11.4 Å². The molecule has 1 aromatic carbocycles. The molecule has 0 bridgehead atoms. The lowest BCUT2D eigenvalue weighted by atomic mass is 10.0. The number of aromatic nitrogens is 4. The van der Waals surface area contributed by atoms with Gasteiger partial charge in [0.1, 0.15) is 6.54 Å². The van der Waals surface area contributed by atoms with Crippen LogP contribution in [0, 0.1) is 13.8 Å². The fourth-order valence-electron chi connectivity index (χ4n) is 2.33. The average molecular weight is 282 g/mol. The molecule has 0 N–H and O–H groups in total. The molecule has 0 radical (unpaired) electrons. The van der Waals surface area contributed by atoms with Crippen LogP contribution in [0.3, 0.4) is 0 Å². The van der Waals surface area contributed by atoms with Crippen molar-refractivity contribution < 1.29 is 4.79 Å². The molecule has 0 fully saturated rings. The highest BCUT2D eigenvalue weighted by Gasteiger charge is 2.14. The fourth-order valence-corrected chi connectivity index (χ4v) is 2.33. The van der Waals surface area contributed by atoms with Crippen LogP contribution >= 0.6 is 0 Å². The summed E-state index contributed by atoms with van der Waals surface area (Å²) in [5.41, 5.74) is 2.70. The smallest absolute Gasteiger partial charge is 0.292 e. The summed E-state index contributed by atoms with van der Waals surface area (Å²) in [7, 11) is 0. The van der Waals surface area contributed by atoms with Gasteiger partial charge in [0.15, 0.2) is 11.4 Å². The van der Waals surface area contributed by atoms with E-state index in [9.17, 15) is 9.59 Å². The number of hydrogen-bond acceptors (Lipinski definition) is 4. The van der Waals surface area contributed by atoms with E-state index in [0.29, 0.717) is 11.2 Å². The highest BCUT2D eigenvalue weighted by atomic mass is 16.2. The summed E-state index contributed by atoms with van der Waals surface area (Å²) in [6.45, 7) is 3.78. The van der Waals surface area contributed by atoms with Gasteiger partial charge in [-0.25, -0.2) is 13.9 Å². The minimum Gasteiger partial charge on any atom is -0.292 e. The Hall–Kier alpha value is -2.76. The van der Waals surface area contributed by atoms with Gasteiger partial charge in [-0.1, -0.05) is 23.8 Å². The van der Waals surface area contributed by atoms with Crippen molar-refractivity contribution in [3.05, 3.63) is 64.0 Å². The summed E-state index contributed by atoms with van der Waals surface area (Å²) in [6.07, 6.45) is 4.52. The van der Waals surface area contributed by atoms with E-state index in [2.05, 4.69) is 10.1 Å². The van der Waals surface area contributed by atoms with Crippen molar-refractivity contribution in [1.82, 2.24) is 19.2 Å². The second kappa shape index (κ2) is 4.97. The lowest BCUT2D eigenvalue weighted by molar-refractivity contribution is 0.0965. The molecule has 106 valence electrons. The minimum absolute atomic E-state index is 0.0790. The summed E-state index contributed by atoms with van der Waals surface area (Å²) < 4.78 is 2.53. The first kappa shape index (κ1) is 13.2. The number of carbonyl (C=O) groups excluding carboxylic acids is 1. The Kier molecular flexibility index (Phi) is 3.13. The van der Waals surface area contributed by atoms with Crippen molar-refractivity contribution in [3.63, 3.8) is 0 Å². The normalized spacial score (nSPS) is 11.0. The number of benzene rings is 1. The van der Waals surface area contributed by atoms with Gasteiger partial charge in [0.05, 0.1) is 6.20 Å². The van der Waals surface area contributed by atoms with Crippen LogP contribution in [-0.2, 0) is 6.54 Å². The molecule has 0 aliphatic carbocycles. The van der Waals surface area contributed by atoms with E-state index in [4.69, 9.17) is 0 Å². The molecule has 0 atom stereocenters. The first-order valence-electron chi connectivity index (χ1n) is 6.56. The summed E-state index contributed by atoms with van der Waals surface area (Å²) in [5, 5.41) is 4.11. The first-order chi connectivity index (χ1) is 10.1. The molecular formula is C15H14N4O2. The molecule has 21 heavy (non-hydrogen) atoms. The SMILES string of the molecule is Cc1ccc(C(=O)Cn2nc3cnccn3c2=O)c(C)c1. The predicted octanol–water partition coefficient (Wildman–Crippen LogP) is 1.39. The van der Waals surface area contributed by atoms with Crippen molar-refractivity contribution in [2.24, 2.45) is 0 Å². The first-order valence-corrected chi connectivity index (χ1v) is 6.56. The molecule has 0 spiro atoms. The topological polar surface area (TPSA) is 69.3 Å². The van der Waals surface area contributed by atoms with Crippen molar-refractivity contribution in [2.45, 2.75) is 20.4 Å². The van der Waals surface area contributed by atoms with Crippen molar-refractivity contribution in [3.8, 4) is 0 Å². The summed E-state index contributed by atoms with van der Waals surface area (Å²) in [6, 6.07) is 5.62. The van der Waals surface area contributed by atoms with Gasteiger partial charge in [-0.2, -0.15) is 0 Å². The Labute approximate surface area is 120 Å². The third kappa shape index (κ3) is 2.35. The third-order valence-electron chi connectivity index (χ3n) is 3.36. The Morgan fingerprint density at radius 1 is 1.29 bits per heavy atom. The maximum Gasteiger partial charge on any atom is 0.350 e. The summed E-state index contributed by atoms with van der Waals surface area (Å²) >= 11 is 0. The Bertz CT molecular complexity index is 892. The lowest BCUT2D eigenvalue weighted by Crippen LogP contribution is -2.25. The maximum atomic E-state index is 12.4. The number of aryl methyl sites for hydroxylation is 2. The van der Waals surface area contributed by atoms with E-state index in [0.717, 1.165) is 11.1 Å². The van der Waals surface area contributed by atoms with Crippen LogP contribution in [0.15, 0.2) is 41.6 Å². The van der Waals surface area contributed by atoms with E-state index in [1.54, 1.807) is 6.07 Å². The number of nitrogens with zero attached hydrogens (tertiary/aromatic N) is 4. The Balaban J connectivity index is 1.96. The zero-order valence-electron chi connectivity index (χ0n) is 11.8. The van der Waals surface area contributed by atoms with Crippen LogP contribution in [0.1, 0.15) is 21.5 Å². The van der Waals surface area contributed by atoms with Crippen LogP contribution < -0.4 is 5.69 Å². The largest absolute Gasteiger partial charge is 0.350 e. The number of ketones is 1. The van der Waals surface area contributed by atoms with Gasteiger partial charge in [-0.3, -0.25) is 9.78 Å². The molecule has 3 rings (SSSR count). The van der Waals surface area contributed by atoms with Crippen LogP contribution in [0.4, 0.5) is 0 Å². The molecule has 3 aromatic rings. The lowest BCUT2D eigenvalue weighted by Gasteiger charge is -2.05. The molecule has 0 aliphatic rings. The van der Waals surface area contributed by atoms with Gasteiger partial charge in [0.25, 0.3) is 0 Å². The number of hydrogen-bond donors (Lipinski definition) is 0. The fraction of sp³-hybridized carbons (Fsp3) is 0.200. The minimum atomic E-state index is -0.342.